The van der Waals surface area contributed by atoms with E-state index in [-0.39, 0.29) is 17.1 Å². The summed E-state index contributed by atoms with van der Waals surface area (Å²) in [6, 6.07) is 17.1. The zero-order valence-electron chi connectivity index (χ0n) is 18.0. The lowest BCUT2D eigenvalue weighted by atomic mass is 10.1. The Hall–Kier alpha value is -3.55. The van der Waals surface area contributed by atoms with E-state index in [1.165, 1.54) is 17.6 Å². The number of furan rings is 1. The van der Waals surface area contributed by atoms with E-state index in [1.54, 1.807) is 25.1 Å². The average Bonchev–Trinajstić information content (AvgIpc) is 3.22. The van der Waals surface area contributed by atoms with Crippen LogP contribution in [0.4, 0.5) is 0 Å². The minimum absolute atomic E-state index is 0.0958. The van der Waals surface area contributed by atoms with Crippen LogP contribution >= 0.6 is 0 Å². The predicted octanol–water partition coefficient (Wildman–Crippen LogP) is 4.69. The molecular weight excluding hydrogens is 410 g/mol. The van der Waals surface area contributed by atoms with Crippen molar-refractivity contribution in [3.8, 4) is 23.0 Å². The smallest absolute Gasteiger partial charge is 0.343 e. The molecule has 0 spiro atoms. The van der Waals surface area contributed by atoms with Gasteiger partial charge in [-0.2, -0.15) is 5.06 Å². The number of rotatable bonds is 8. The van der Waals surface area contributed by atoms with Crippen LogP contribution in [0.25, 0.3) is 22.5 Å². The van der Waals surface area contributed by atoms with Crippen molar-refractivity contribution in [3.05, 3.63) is 81.7 Å². The zero-order valence-corrected chi connectivity index (χ0v) is 18.0. The van der Waals surface area contributed by atoms with E-state index in [0.29, 0.717) is 42.4 Å². The summed E-state index contributed by atoms with van der Waals surface area (Å²) >= 11 is 0. The quantitative estimate of drug-likeness (QED) is 0.388. The van der Waals surface area contributed by atoms with Gasteiger partial charge in [-0.3, -0.25) is 0 Å². The molecule has 0 fully saturated rings. The first kappa shape index (κ1) is 21.7. The van der Waals surface area contributed by atoms with Gasteiger partial charge in [0.25, 0.3) is 0 Å². The lowest BCUT2D eigenvalue weighted by Gasteiger charge is -2.15. The Balaban J connectivity index is 1.40. The summed E-state index contributed by atoms with van der Waals surface area (Å²) in [4.78, 5) is 11.9. The van der Waals surface area contributed by atoms with Gasteiger partial charge in [-0.05, 0) is 50.1 Å². The van der Waals surface area contributed by atoms with Gasteiger partial charge in [0, 0.05) is 17.5 Å². The van der Waals surface area contributed by atoms with Crippen molar-refractivity contribution in [2.24, 2.45) is 0 Å². The maximum absolute atomic E-state index is 11.9. The molecule has 4 rings (SSSR count). The topological polar surface area (TPSA) is 96.3 Å². The van der Waals surface area contributed by atoms with Crippen LogP contribution < -0.4 is 10.4 Å². The van der Waals surface area contributed by atoms with Gasteiger partial charge in [-0.25, -0.2) is 4.79 Å². The van der Waals surface area contributed by atoms with Crippen molar-refractivity contribution in [1.82, 2.24) is 5.06 Å². The molecule has 166 valence electrons. The zero-order chi connectivity index (χ0) is 22.7. The summed E-state index contributed by atoms with van der Waals surface area (Å²) in [6.07, 6.45) is 0.755. The lowest BCUT2D eigenvalue weighted by Crippen LogP contribution is -2.27. The molecule has 0 amide bonds. The molecule has 2 N–H and O–H groups in total. The van der Waals surface area contributed by atoms with Crippen molar-refractivity contribution in [2.75, 3.05) is 19.7 Å². The highest BCUT2D eigenvalue weighted by Crippen LogP contribution is 2.34. The Labute approximate surface area is 185 Å². The number of ether oxygens (including phenoxy) is 1. The van der Waals surface area contributed by atoms with E-state index in [2.05, 4.69) is 0 Å². The third kappa shape index (κ3) is 4.69. The SMILES string of the molecule is Cc1c(-c2cc3cc(OCCN(O)CCc4ccccc4)ccc3o2)oc(=O)c(C)c1O. The van der Waals surface area contributed by atoms with Gasteiger partial charge in [0.15, 0.2) is 11.5 Å². The number of benzene rings is 2. The lowest BCUT2D eigenvalue weighted by molar-refractivity contribution is -0.0955. The van der Waals surface area contributed by atoms with Gasteiger partial charge < -0.3 is 23.9 Å². The fourth-order valence-corrected chi connectivity index (χ4v) is 3.47. The molecule has 0 aliphatic rings. The summed E-state index contributed by atoms with van der Waals surface area (Å²) in [5.74, 6) is 1.09. The van der Waals surface area contributed by atoms with Crippen molar-refractivity contribution >= 4 is 11.0 Å². The molecule has 2 aromatic heterocycles. The van der Waals surface area contributed by atoms with Crippen LogP contribution in [0.1, 0.15) is 16.7 Å². The molecule has 0 aliphatic heterocycles. The third-order valence-corrected chi connectivity index (χ3v) is 5.38. The number of hydrogen-bond acceptors (Lipinski definition) is 7. The minimum atomic E-state index is -0.603. The van der Waals surface area contributed by atoms with Crippen molar-refractivity contribution in [1.29, 1.82) is 0 Å². The van der Waals surface area contributed by atoms with Crippen LogP contribution in [0.3, 0.4) is 0 Å². The standard InChI is InChI=1S/C25H25NO6/c1-16-23(27)17(2)25(28)32-24(16)22-15-19-14-20(8-9-21(19)31-22)30-13-12-26(29)11-10-18-6-4-3-5-7-18/h3-9,14-15,27,29H,10-13H2,1-2H3. The second kappa shape index (κ2) is 9.30. The molecule has 0 saturated carbocycles. The van der Waals surface area contributed by atoms with E-state index in [1.807, 2.05) is 36.4 Å². The fraction of sp³-hybridized carbons (Fsp3) is 0.240. The third-order valence-electron chi connectivity index (χ3n) is 5.38. The Morgan fingerprint density at radius 2 is 1.75 bits per heavy atom. The molecule has 7 nitrogen and oxygen atoms in total. The predicted molar refractivity (Wildman–Crippen MR) is 120 cm³/mol. The number of fused-ring (bicyclic) bond motifs is 1. The number of aromatic hydroxyl groups is 1. The first-order chi connectivity index (χ1) is 15.4. The minimum Gasteiger partial charge on any atom is -0.507 e. The summed E-state index contributed by atoms with van der Waals surface area (Å²) in [5.41, 5.74) is 1.77. The van der Waals surface area contributed by atoms with Crippen molar-refractivity contribution < 1.29 is 23.9 Å². The van der Waals surface area contributed by atoms with Gasteiger partial charge in [0.1, 0.15) is 23.7 Å². The number of hydroxylamine groups is 2. The molecule has 0 radical (unpaired) electrons. The first-order valence-electron chi connectivity index (χ1n) is 10.4. The Morgan fingerprint density at radius 3 is 2.53 bits per heavy atom. The molecule has 0 saturated heterocycles. The van der Waals surface area contributed by atoms with E-state index in [0.717, 1.165) is 11.8 Å². The fourth-order valence-electron chi connectivity index (χ4n) is 3.47. The normalized spacial score (nSPS) is 11.4. The Bertz CT molecular complexity index is 1280. The van der Waals surface area contributed by atoms with Crippen LogP contribution in [-0.2, 0) is 6.42 Å². The van der Waals surface area contributed by atoms with Gasteiger partial charge in [0.2, 0.25) is 0 Å². The van der Waals surface area contributed by atoms with Crippen LogP contribution in [0.15, 0.2) is 68.2 Å². The summed E-state index contributed by atoms with van der Waals surface area (Å²) in [6.45, 7) is 4.39. The van der Waals surface area contributed by atoms with E-state index in [4.69, 9.17) is 13.6 Å². The second-order valence-electron chi connectivity index (χ2n) is 7.67. The summed E-state index contributed by atoms with van der Waals surface area (Å²) in [5, 5.41) is 22.2. The highest BCUT2D eigenvalue weighted by molar-refractivity contribution is 5.84. The highest BCUT2D eigenvalue weighted by Gasteiger charge is 2.18. The largest absolute Gasteiger partial charge is 0.507 e. The molecule has 2 aromatic carbocycles. The highest BCUT2D eigenvalue weighted by atomic mass is 16.5. The number of hydrogen-bond donors (Lipinski definition) is 2. The molecule has 0 aliphatic carbocycles. The van der Waals surface area contributed by atoms with Gasteiger partial charge in [-0.1, -0.05) is 30.3 Å². The van der Waals surface area contributed by atoms with E-state index in [9.17, 15) is 15.1 Å². The summed E-state index contributed by atoms with van der Waals surface area (Å²) < 4.78 is 16.9. The Morgan fingerprint density at radius 1 is 0.969 bits per heavy atom. The molecule has 7 heteroatoms. The van der Waals surface area contributed by atoms with Crippen molar-refractivity contribution in [3.63, 3.8) is 0 Å². The second-order valence-corrected chi connectivity index (χ2v) is 7.67. The molecular formula is C25H25NO6. The number of nitrogens with zero attached hydrogens (tertiary/aromatic N) is 1. The average molecular weight is 435 g/mol. The Kier molecular flexibility index (Phi) is 6.30. The molecule has 32 heavy (non-hydrogen) atoms. The van der Waals surface area contributed by atoms with Crippen LogP contribution in [0.2, 0.25) is 0 Å². The van der Waals surface area contributed by atoms with E-state index >= 15 is 0 Å². The molecule has 0 atom stereocenters. The first-order valence-corrected chi connectivity index (χ1v) is 10.4. The van der Waals surface area contributed by atoms with Gasteiger partial charge >= 0.3 is 5.63 Å². The van der Waals surface area contributed by atoms with Crippen LogP contribution in [-0.4, -0.2) is 35.1 Å². The van der Waals surface area contributed by atoms with Crippen LogP contribution in [0, 0.1) is 13.8 Å². The maximum atomic E-state index is 11.9. The molecule has 2 heterocycles. The monoisotopic (exact) mass is 435 g/mol. The van der Waals surface area contributed by atoms with Crippen molar-refractivity contribution in [2.45, 2.75) is 20.3 Å². The van der Waals surface area contributed by atoms with E-state index < -0.39 is 5.63 Å². The maximum Gasteiger partial charge on any atom is 0.343 e. The summed E-state index contributed by atoms with van der Waals surface area (Å²) in [7, 11) is 0. The van der Waals surface area contributed by atoms with Gasteiger partial charge in [0.05, 0.1) is 12.1 Å². The molecule has 0 unspecified atom stereocenters. The van der Waals surface area contributed by atoms with Crippen LogP contribution in [0.5, 0.6) is 11.5 Å². The molecule has 0 bridgehead atoms. The molecule has 4 aromatic rings. The van der Waals surface area contributed by atoms with Gasteiger partial charge in [-0.15, -0.1) is 0 Å².